The molecule has 98 valence electrons. The van der Waals surface area contributed by atoms with Crippen LogP contribution in [0, 0.1) is 0 Å². The molecule has 0 aliphatic heterocycles. The third kappa shape index (κ3) is 2.54. The van der Waals surface area contributed by atoms with E-state index >= 15 is 0 Å². The van der Waals surface area contributed by atoms with Crippen LogP contribution in [-0.2, 0) is 12.8 Å². The Kier molecular flexibility index (Phi) is 3.60. The molecule has 1 heterocycles. The van der Waals surface area contributed by atoms with E-state index in [-0.39, 0.29) is 6.04 Å². The van der Waals surface area contributed by atoms with Gasteiger partial charge in [-0.1, -0.05) is 31.2 Å². The van der Waals surface area contributed by atoms with Gasteiger partial charge in [0, 0.05) is 12.4 Å². The Balaban J connectivity index is 1.96. The number of pyridine rings is 1. The Morgan fingerprint density at radius 2 is 2.05 bits per heavy atom. The molecule has 1 N–H and O–H groups in total. The Morgan fingerprint density at radius 1 is 1.16 bits per heavy atom. The number of hydrogen-bond donors (Lipinski definition) is 1. The average molecular weight is 252 g/mol. The first-order valence-corrected chi connectivity index (χ1v) is 7.13. The number of aromatic nitrogens is 1. The predicted molar refractivity (Wildman–Crippen MR) is 78.2 cm³/mol. The van der Waals surface area contributed by atoms with Crippen LogP contribution in [-0.4, -0.2) is 11.5 Å². The van der Waals surface area contributed by atoms with Crippen molar-refractivity contribution in [2.24, 2.45) is 0 Å². The molecule has 1 atom stereocenters. The van der Waals surface area contributed by atoms with Gasteiger partial charge in [0.1, 0.15) is 0 Å². The lowest BCUT2D eigenvalue weighted by molar-refractivity contribution is 0.628. The largest absolute Gasteiger partial charge is 0.306 e. The van der Waals surface area contributed by atoms with Crippen LogP contribution in [0.3, 0.4) is 0 Å². The van der Waals surface area contributed by atoms with Crippen molar-refractivity contribution >= 4 is 0 Å². The second-order valence-electron chi connectivity index (χ2n) is 5.16. The molecule has 0 spiro atoms. The van der Waals surface area contributed by atoms with E-state index in [1.807, 2.05) is 18.5 Å². The Hall–Kier alpha value is -1.67. The van der Waals surface area contributed by atoms with Gasteiger partial charge in [-0.3, -0.25) is 4.98 Å². The second kappa shape index (κ2) is 5.54. The van der Waals surface area contributed by atoms with Crippen molar-refractivity contribution in [3.8, 4) is 0 Å². The lowest BCUT2D eigenvalue weighted by Gasteiger charge is -2.19. The molecule has 19 heavy (non-hydrogen) atoms. The molecule has 0 fully saturated rings. The van der Waals surface area contributed by atoms with Gasteiger partial charge in [0.25, 0.3) is 0 Å². The predicted octanol–water partition coefficient (Wildman–Crippen LogP) is 3.27. The first-order chi connectivity index (χ1) is 9.38. The standard InChI is InChI=1S/C17H20N2/c1-2-19-17(16-7-4-10-18-12-16)15-9-8-13-5-3-6-14(13)11-15/h4,7-12,17,19H,2-3,5-6H2,1H3/t17-/m0/s1. The molecule has 3 rings (SSSR count). The summed E-state index contributed by atoms with van der Waals surface area (Å²) in [6.07, 6.45) is 7.57. The number of rotatable bonds is 4. The number of benzene rings is 1. The zero-order valence-corrected chi connectivity index (χ0v) is 11.4. The smallest absolute Gasteiger partial charge is 0.0591 e. The fourth-order valence-electron chi connectivity index (χ4n) is 2.95. The number of hydrogen-bond acceptors (Lipinski definition) is 2. The van der Waals surface area contributed by atoms with Crippen molar-refractivity contribution < 1.29 is 0 Å². The van der Waals surface area contributed by atoms with Crippen LogP contribution in [0.4, 0.5) is 0 Å². The Morgan fingerprint density at radius 3 is 2.84 bits per heavy atom. The van der Waals surface area contributed by atoms with Gasteiger partial charge in [-0.25, -0.2) is 0 Å². The monoisotopic (exact) mass is 252 g/mol. The van der Waals surface area contributed by atoms with Gasteiger partial charge in [0.2, 0.25) is 0 Å². The third-order valence-corrected chi connectivity index (χ3v) is 3.88. The van der Waals surface area contributed by atoms with Crippen LogP contribution in [0.25, 0.3) is 0 Å². The maximum Gasteiger partial charge on any atom is 0.0591 e. The average Bonchev–Trinajstić information content (AvgIpc) is 2.93. The van der Waals surface area contributed by atoms with Gasteiger partial charge < -0.3 is 5.32 Å². The van der Waals surface area contributed by atoms with Crippen molar-refractivity contribution in [1.29, 1.82) is 0 Å². The van der Waals surface area contributed by atoms with Crippen molar-refractivity contribution in [2.45, 2.75) is 32.2 Å². The molecule has 2 nitrogen and oxygen atoms in total. The van der Waals surface area contributed by atoms with Crippen molar-refractivity contribution in [1.82, 2.24) is 10.3 Å². The fraction of sp³-hybridized carbons (Fsp3) is 0.353. The lowest BCUT2D eigenvalue weighted by Crippen LogP contribution is -2.22. The summed E-state index contributed by atoms with van der Waals surface area (Å²) in [5.74, 6) is 0. The quantitative estimate of drug-likeness (QED) is 0.903. The Bertz CT molecular complexity index is 548. The second-order valence-corrected chi connectivity index (χ2v) is 5.16. The van der Waals surface area contributed by atoms with Gasteiger partial charge in [0.15, 0.2) is 0 Å². The van der Waals surface area contributed by atoms with E-state index in [4.69, 9.17) is 0 Å². The fourth-order valence-corrected chi connectivity index (χ4v) is 2.95. The molecule has 2 heteroatoms. The molecule has 1 aromatic carbocycles. The van der Waals surface area contributed by atoms with Crippen molar-refractivity contribution in [2.75, 3.05) is 6.54 Å². The van der Waals surface area contributed by atoms with E-state index in [9.17, 15) is 0 Å². The maximum absolute atomic E-state index is 4.25. The number of fused-ring (bicyclic) bond motifs is 1. The maximum atomic E-state index is 4.25. The topological polar surface area (TPSA) is 24.9 Å². The Labute approximate surface area is 114 Å². The molecule has 0 bridgehead atoms. The summed E-state index contributed by atoms with van der Waals surface area (Å²) in [5.41, 5.74) is 5.66. The summed E-state index contributed by atoms with van der Waals surface area (Å²) in [5, 5.41) is 3.57. The molecular weight excluding hydrogens is 232 g/mol. The highest BCUT2D eigenvalue weighted by molar-refractivity contribution is 5.39. The van der Waals surface area contributed by atoms with Gasteiger partial charge in [-0.15, -0.1) is 0 Å². The minimum absolute atomic E-state index is 0.254. The van der Waals surface area contributed by atoms with Gasteiger partial charge in [-0.05, 0) is 54.1 Å². The molecule has 1 aliphatic rings. The summed E-state index contributed by atoms with van der Waals surface area (Å²) in [4.78, 5) is 4.25. The molecule has 0 saturated carbocycles. The molecule has 0 amide bonds. The molecule has 0 saturated heterocycles. The van der Waals surface area contributed by atoms with Crippen molar-refractivity contribution in [3.05, 3.63) is 65.0 Å². The summed E-state index contributed by atoms with van der Waals surface area (Å²) in [7, 11) is 0. The first kappa shape index (κ1) is 12.4. The van der Waals surface area contributed by atoms with Crippen LogP contribution in [0.15, 0.2) is 42.7 Å². The van der Waals surface area contributed by atoms with E-state index in [2.05, 4.69) is 41.5 Å². The van der Waals surface area contributed by atoms with Gasteiger partial charge in [-0.2, -0.15) is 0 Å². The highest BCUT2D eigenvalue weighted by atomic mass is 14.9. The summed E-state index contributed by atoms with van der Waals surface area (Å²) >= 11 is 0. The van der Waals surface area contributed by atoms with E-state index < -0.39 is 0 Å². The normalized spacial score (nSPS) is 15.2. The zero-order valence-electron chi connectivity index (χ0n) is 11.4. The minimum atomic E-state index is 0.254. The highest BCUT2D eigenvalue weighted by Crippen LogP contribution is 2.28. The van der Waals surface area contributed by atoms with E-state index in [1.165, 1.54) is 41.5 Å². The molecule has 2 aromatic rings. The van der Waals surface area contributed by atoms with Crippen LogP contribution < -0.4 is 5.32 Å². The van der Waals surface area contributed by atoms with Gasteiger partial charge in [0.05, 0.1) is 6.04 Å². The molecule has 0 unspecified atom stereocenters. The SMILES string of the molecule is CCN[C@H](c1cccnc1)c1ccc2c(c1)CCC2. The minimum Gasteiger partial charge on any atom is -0.306 e. The molecule has 1 aliphatic carbocycles. The highest BCUT2D eigenvalue weighted by Gasteiger charge is 2.16. The summed E-state index contributed by atoms with van der Waals surface area (Å²) < 4.78 is 0. The first-order valence-electron chi connectivity index (χ1n) is 7.13. The van der Waals surface area contributed by atoms with Crippen LogP contribution in [0.1, 0.15) is 41.6 Å². The lowest BCUT2D eigenvalue weighted by atomic mass is 9.96. The van der Waals surface area contributed by atoms with Crippen LogP contribution in [0.2, 0.25) is 0 Å². The zero-order chi connectivity index (χ0) is 13.1. The molecular formula is C17H20N2. The molecule has 0 radical (unpaired) electrons. The summed E-state index contributed by atoms with van der Waals surface area (Å²) in [6.45, 7) is 3.10. The number of nitrogens with one attached hydrogen (secondary N) is 1. The van der Waals surface area contributed by atoms with E-state index in [0.29, 0.717) is 0 Å². The van der Waals surface area contributed by atoms with Gasteiger partial charge >= 0.3 is 0 Å². The van der Waals surface area contributed by atoms with Crippen LogP contribution >= 0.6 is 0 Å². The van der Waals surface area contributed by atoms with E-state index in [0.717, 1.165) is 6.54 Å². The summed E-state index contributed by atoms with van der Waals surface area (Å²) in [6, 6.07) is 11.4. The molecule has 1 aromatic heterocycles. The number of nitrogens with zero attached hydrogens (tertiary/aromatic N) is 1. The van der Waals surface area contributed by atoms with E-state index in [1.54, 1.807) is 0 Å². The number of aryl methyl sites for hydroxylation is 2. The van der Waals surface area contributed by atoms with Crippen LogP contribution in [0.5, 0.6) is 0 Å². The van der Waals surface area contributed by atoms with Crippen molar-refractivity contribution in [3.63, 3.8) is 0 Å². The third-order valence-electron chi connectivity index (χ3n) is 3.88.